The molecule has 110 valence electrons. The van der Waals surface area contributed by atoms with Gasteiger partial charge >= 0.3 is 0 Å². The molecule has 0 N–H and O–H groups in total. The molecule has 3 rings (SSSR count). The summed E-state index contributed by atoms with van der Waals surface area (Å²) in [6.45, 7) is 3.63. The number of amides is 1. The van der Waals surface area contributed by atoms with Crippen LogP contribution in [-0.4, -0.2) is 30.9 Å². The van der Waals surface area contributed by atoms with Crippen LogP contribution in [0, 0.1) is 0 Å². The molecule has 1 atom stereocenters. The van der Waals surface area contributed by atoms with Crippen LogP contribution in [0.1, 0.15) is 23.4 Å². The molecule has 0 bridgehead atoms. The number of hydrogen-bond acceptors (Lipinski definition) is 3. The Kier molecular flexibility index (Phi) is 4.08. The van der Waals surface area contributed by atoms with Gasteiger partial charge in [-0.25, -0.2) is 0 Å². The van der Waals surface area contributed by atoms with E-state index in [0.29, 0.717) is 12.6 Å². The summed E-state index contributed by atoms with van der Waals surface area (Å²) in [7, 11) is 1.85. The molecule has 1 aliphatic heterocycles. The van der Waals surface area contributed by atoms with Crippen LogP contribution >= 0.6 is 11.3 Å². The van der Waals surface area contributed by atoms with Gasteiger partial charge < -0.3 is 4.90 Å². The van der Waals surface area contributed by atoms with Crippen molar-refractivity contribution in [3.63, 3.8) is 0 Å². The molecule has 2 aromatic rings. The summed E-state index contributed by atoms with van der Waals surface area (Å²) in [6.07, 6.45) is 1.06. The van der Waals surface area contributed by atoms with Crippen molar-refractivity contribution in [2.45, 2.75) is 19.4 Å². The Morgan fingerprint density at radius 2 is 2.10 bits per heavy atom. The first-order valence-corrected chi connectivity index (χ1v) is 8.16. The van der Waals surface area contributed by atoms with E-state index in [1.807, 2.05) is 48.7 Å². The molecule has 0 radical (unpaired) electrons. The average Bonchev–Trinajstić information content (AvgIpc) is 2.99. The summed E-state index contributed by atoms with van der Waals surface area (Å²) < 4.78 is 0. The number of hydrogen-bond donors (Lipinski definition) is 0. The zero-order valence-corrected chi connectivity index (χ0v) is 13.3. The third-order valence-corrected chi connectivity index (χ3v) is 5.26. The van der Waals surface area contributed by atoms with Crippen molar-refractivity contribution in [2.75, 3.05) is 25.0 Å². The molecular formula is C17H20N2OS. The SMILES string of the molecule is C[C@H]1c2ccsc2CCN1CC(=O)N(C)c1ccccc1. The minimum atomic E-state index is 0.145. The van der Waals surface area contributed by atoms with Gasteiger partial charge in [0.05, 0.1) is 6.54 Å². The molecule has 1 aliphatic rings. The van der Waals surface area contributed by atoms with E-state index in [1.54, 1.807) is 4.90 Å². The highest BCUT2D eigenvalue weighted by atomic mass is 32.1. The van der Waals surface area contributed by atoms with Crippen LogP contribution in [0.5, 0.6) is 0 Å². The molecule has 21 heavy (non-hydrogen) atoms. The Morgan fingerprint density at radius 1 is 1.33 bits per heavy atom. The van der Waals surface area contributed by atoms with Crippen molar-refractivity contribution in [1.29, 1.82) is 0 Å². The first kappa shape index (κ1) is 14.3. The predicted octanol–water partition coefficient (Wildman–Crippen LogP) is 3.33. The maximum absolute atomic E-state index is 12.5. The number of carbonyl (C=O) groups is 1. The Morgan fingerprint density at radius 3 is 2.86 bits per heavy atom. The van der Waals surface area contributed by atoms with Gasteiger partial charge in [0.15, 0.2) is 0 Å². The number of carbonyl (C=O) groups excluding carboxylic acids is 1. The van der Waals surface area contributed by atoms with Gasteiger partial charge in [0, 0.05) is 30.2 Å². The van der Waals surface area contributed by atoms with Crippen molar-refractivity contribution < 1.29 is 4.79 Å². The molecule has 4 heteroatoms. The minimum Gasteiger partial charge on any atom is -0.314 e. The highest BCUT2D eigenvalue weighted by molar-refractivity contribution is 7.10. The van der Waals surface area contributed by atoms with Gasteiger partial charge in [-0.2, -0.15) is 0 Å². The Hall–Kier alpha value is -1.65. The van der Waals surface area contributed by atoms with Gasteiger partial charge in [-0.1, -0.05) is 18.2 Å². The second-order valence-corrected chi connectivity index (χ2v) is 6.48. The normalized spacial score (nSPS) is 18.3. The summed E-state index contributed by atoms with van der Waals surface area (Å²) in [5.74, 6) is 0.145. The van der Waals surface area contributed by atoms with Crippen molar-refractivity contribution in [3.05, 3.63) is 52.2 Å². The fourth-order valence-electron chi connectivity index (χ4n) is 2.85. The van der Waals surface area contributed by atoms with Crippen LogP contribution in [0.25, 0.3) is 0 Å². The van der Waals surface area contributed by atoms with Crippen LogP contribution in [-0.2, 0) is 11.2 Å². The first-order valence-electron chi connectivity index (χ1n) is 7.28. The maximum Gasteiger partial charge on any atom is 0.240 e. The van der Waals surface area contributed by atoms with Crippen LogP contribution in [0.4, 0.5) is 5.69 Å². The molecule has 0 fully saturated rings. The van der Waals surface area contributed by atoms with Crippen molar-refractivity contribution in [3.8, 4) is 0 Å². The Labute approximate surface area is 129 Å². The number of nitrogens with zero attached hydrogens (tertiary/aromatic N) is 2. The minimum absolute atomic E-state index is 0.145. The molecule has 0 aliphatic carbocycles. The molecule has 0 saturated carbocycles. The van der Waals surface area contributed by atoms with E-state index in [0.717, 1.165) is 18.7 Å². The van der Waals surface area contributed by atoms with E-state index in [1.165, 1.54) is 10.4 Å². The molecular weight excluding hydrogens is 280 g/mol. The van der Waals surface area contributed by atoms with Gasteiger partial charge in [-0.3, -0.25) is 9.69 Å². The molecule has 0 spiro atoms. The van der Waals surface area contributed by atoms with Crippen LogP contribution in [0.2, 0.25) is 0 Å². The smallest absolute Gasteiger partial charge is 0.240 e. The van der Waals surface area contributed by atoms with E-state index >= 15 is 0 Å². The third kappa shape index (κ3) is 2.87. The zero-order chi connectivity index (χ0) is 14.8. The van der Waals surface area contributed by atoms with Gasteiger partial charge in [0.2, 0.25) is 5.91 Å². The quantitative estimate of drug-likeness (QED) is 0.868. The fourth-order valence-corrected chi connectivity index (χ4v) is 3.82. The summed E-state index contributed by atoms with van der Waals surface area (Å²) in [5, 5.41) is 2.16. The van der Waals surface area contributed by atoms with Gasteiger partial charge in [-0.15, -0.1) is 11.3 Å². The number of fused-ring (bicyclic) bond motifs is 1. The van der Waals surface area contributed by atoms with E-state index in [-0.39, 0.29) is 5.91 Å². The molecule has 0 saturated heterocycles. The predicted molar refractivity (Wildman–Crippen MR) is 87.9 cm³/mol. The van der Waals surface area contributed by atoms with E-state index in [4.69, 9.17) is 0 Å². The van der Waals surface area contributed by atoms with Crippen molar-refractivity contribution >= 4 is 22.9 Å². The topological polar surface area (TPSA) is 23.6 Å². The number of anilines is 1. The van der Waals surface area contributed by atoms with Gasteiger partial charge in [0.25, 0.3) is 0 Å². The summed E-state index contributed by atoms with van der Waals surface area (Å²) >= 11 is 1.83. The average molecular weight is 300 g/mol. The molecule has 2 heterocycles. The highest BCUT2D eigenvalue weighted by Crippen LogP contribution is 2.32. The van der Waals surface area contributed by atoms with Crippen LogP contribution < -0.4 is 4.90 Å². The molecule has 1 aromatic carbocycles. The standard InChI is InChI=1S/C17H20N2OS/c1-13-15-9-11-21-16(15)8-10-19(13)12-17(20)18(2)14-6-4-3-5-7-14/h3-7,9,11,13H,8,10,12H2,1-2H3/t13-/m0/s1. The number of likely N-dealkylation sites (N-methyl/N-ethyl adjacent to an activating group) is 1. The molecule has 0 unspecified atom stereocenters. The van der Waals surface area contributed by atoms with E-state index in [2.05, 4.69) is 23.3 Å². The molecule has 3 nitrogen and oxygen atoms in total. The lowest BCUT2D eigenvalue weighted by Crippen LogP contribution is -2.42. The molecule has 1 aromatic heterocycles. The largest absolute Gasteiger partial charge is 0.314 e. The Balaban J connectivity index is 1.68. The van der Waals surface area contributed by atoms with Gasteiger partial charge in [0.1, 0.15) is 0 Å². The van der Waals surface area contributed by atoms with Crippen molar-refractivity contribution in [2.24, 2.45) is 0 Å². The van der Waals surface area contributed by atoms with E-state index in [9.17, 15) is 4.79 Å². The summed E-state index contributed by atoms with van der Waals surface area (Å²) in [6, 6.07) is 12.3. The van der Waals surface area contributed by atoms with Crippen LogP contribution in [0.3, 0.4) is 0 Å². The summed E-state index contributed by atoms with van der Waals surface area (Å²) in [4.78, 5) is 18.0. The maximum atomic E-state index is 12.5. The van der Waals surface area contributed by atoms with Crippen molar-refractivity contribution in [1.82, 2.24) is 4.90 Å². The Bertz CT molecular complexity index is 623. The van der Waals surface area contributed by atoms with E-state index < -0.39 is 0 Å². The fraction of sp³-hybridized carbons (Fsp3) is 0.353. The zero-order valence-electron chi connectivity index (χ0n) is 12.5. The summed E-state index contributed by atoms with van der Waals surface area (Å²) in [5.41, 5.74) is 2.34. The monoisotopic (exact) mass is 300 g/mol. The second kappa shape index (κ2) is 6.00. The van der Waals surface area contributed by atoms with Gasteiger partial charge in [-0.05, 0) is 42.5 Å². The molecule has 1 amide bonds. The number of benzene rings is 1. The van der Waals surface area contributed by atoms with Crippen LogP contribution in [0.15, 0.2) is 41.8 Å². The lowest BCUT2D eigenvalue weighted by atomic mass is 10.0. The number of para-hydroxylation sites is 1. The second-order valence-electron chi connectivity index (χ2n) is 5.48. The lowest BCUT2D eigenvalue weighted by molar-refractivity contribution is -0.120. The lowest BCUT2D eigenvalue weighted by Gasteiger charge is -2.34. The number of thiophene rings is 1. The number of rotatable bonds is 3. The third-order valence-electron chi connectivity index (χ3n) is 4.26. The first-order chi connectivity index (χ1) is 10.2. The highest BCUT2D eigenvalue weighted by Gasteiger charge is 2.27.